The third-order valence-electron chi connectivity index (χ3n) is 3.44. The lowest BCUT2D eigenvalue weighted by atomic mass is 10.2. The van der Waals surface area contributed by atoms with E-state index in [1.165, 1.54) is 5.56 Å². The summed E-state index contributed by atoms with van der Waals surface area (Å²) < 4.78 is 5.34. The molecular weight excluding hydrogens is 250 g/mol. The normalized spacial score (nSPS) is 20.4. The summed E-state index contributed by atoms with van der Waals surface area (Å²) >= 11 is 0. The minimum atomic E-state index is -0.121. The summed E-state index contributed by atoms with van der Waals surface area (Å²) in [5.74, 6) is -0.121. The average Bonchev–Trinajstić information content (AvgIpc) is 3.26. The van der Waals surface area contributed by atoms with Gasteiger partial charge in [-0.15, -0.1) is 0 Å². The monoisotopic (exact) mass is 267 g/mol. The van der Waals surface area contributed by atoms with Crippen LogP contribution in [0.4, 0.5) is 0 Å². The number of rotatable bonds is 5. The number of hydrogen-bond acceptors (Lipinski definition) is 3. The van der Waals surface area contributed by atoms with Crippen LogP contribution in [0.2, 0.25) is 0 Å². The summed E-state index contributed by atoms with van der Waals surface area (Å²) in [4.78, 5) is 14.0. The van der Waals surface area contributed by atoms with Crippen LogP contribution in [-0.2, 0) is 22.7 Å². The van der Waals surface area contributed by atoms with Gasteiger partial charge in [0.05, 0.1) is 0 Å². The van der Waals surface area contributed by atoms with Crippen molar-refractivity contribution in [3.8, 4) is 0 Å². The molecule has 0 saturated carbocycles. The van der Waals surface area contributed by atoms with Gasteiger partial charge < -0.3 is 4.74 Å². The number of hydrogen-bond donors (Lipinski definition) is 0. The smallest absolute Gasteiger partial charge is 0.325 e. The van der Waals surface area contributed by atoms with Gasteiger partial charge in [-0.3, -0.25) is 9.69 Å². The van der Waals surface area contributed by atoms with Crippen molar-refractivity contribution in [1.82, 2.24) is 4.90 Å². The first-order chi connectivity index (χ1) is 9.83. The maximum absolute atomic E-state index is 11.9. The summed E-state index contributed by atoms with van der Waals surface area (Å²) in [7, 11) is 0. The highest BCUT2D eigenvalue weighted by molar-refractivity contribution is 5.79. The second-order valence-electron chi connectivity index (χ2n) is 5.02. The van der Waals surface area contributed by atoms with Gasteiger partial charge in [0.15, 0.2) is 0 Å². The molecule has 1 aliphatic heterocycles. The zero-order chi connectivity index (χ0) is 13.8. The molecule has 2 aromatic carbocycles. The minimum absolute atomic E-state index is 0.0704. The number of ether oxygens (including phenoxy) is 1. The molecule has 1 heterocycles. The highest BCUT2D eigenvalue weighted by Crippen LogP contribution is 2.22. The van der Waals surface area contributed by atoms with Gasteiger partial charge in [0, 0.05) is 13.1 Å². The summed E-state index contributed by atoms with van der Waals surface area (Å²) in [5.41, 5.74) is 2.25. The molecule has 102 valence electrons. The molecular formula is C17H17NO2. The Balaban J connectivity index is 1.46. The molecule has 1 aliphatic rings. The van der Waals surface area contributed by atoms with Gasteiger partial charge >= 0.3 is 5.97 Å². The van der Waals surface area contributed by atoms with Crippen molar-refractivity contribution in [2.45, 2.75) is 19.2 Å². The Morgan fingerprint density at radius 2 is 1.60 bits per heavy atom. The van der Waals surface area contributed by atoms with Crippen LogP contribution in [0.3, 0.4) is 0 Å². The third kappa shape index (κ3) is 3.25. The molecule has 2 aromatic rings. The van der Waals surface area contributed by atoms with Gasteiger partial charge in [-0.25, -0.2) is 0 Å². The molecule has 2 atom stereocenters. The van der Waals surface area contributed by atoms with Crippen molar-refractivity contribution < 1.29 is 9.53 Å². The highest BCUT2D eigenvalue weighted by atomic mass is 16.5. The van der Waals surface area contributed by atoms with Gasteiger partial charge in [0.1, 0.15) is 12.6 Å². The molecule has 3 heteroatoms. The molecule has 20 heavy (non-hydrogen) atoms. The van der Waals surface area contributed by atoms with Crippen LogP contribution in [0, 0.1) is 0 Å². The van der Waals surface area contributed by atoms with E-state index in [9.17, 15) is 4.79 Å². The first kappa shape index (κ1) is 12.9. The zero-order valence-electron chi connectivity index (χ0n) is 11.2. The molecule has 3 rings (SSSR count). The van der Waals surface area contributed by atoms with Gasteiger partial charge in [0.25, 0.3) is 0 Å². The molecule has 0 bridgehead atoms. The minimum Gasteiger partial charge on any atom is -0.460 e. The van der Waals surface area contributed by atoms with Crippen molar-refractivity contribution in [3.05, 3.63) is 71.8 Å². The first-order valence-electron chi connectivity index (χ1n) is 6.81. The number of carbonyl (C=O) groups excluding carboxylic acids is 1. The molecule has 1 saturated heterocycles. The Morgan fingerprint density at radius 3 is 2.25 bits per heavy atom. The molecule has 0 radical (unpaired) electrons. The highest BCUT2D eigenvalue weighted by Gasteiger charge is 2.41. The van der Waals surface area contributed by atoms with Crippen LogP contribution >= 0.6 is 0 Å². The molecule has 0 N–H and O–H groups in total. The van der Waals surface area contributed by atoms with Crippen molar-refractivity contribution >= 4 is 5.97 Å². The molecule has 1 fully saturated rings. The predicted octanol–water partition coefficient (Wildman–Crippen LogP) is 2.61. The Bertz CT molecular complexity index is 568. The Morgan fingerprint density at radius 1 is 1.00 bits per heavy atom. The first-order valence-corrected chi connectivity index (χ1v) is 6.81. The van der Waals surface area contributed by atoms with Crippen LogP contribution in [0.15, 0.2) is 60.7 Å². The number of nitrogens with zero attached hydrogens (tertiary/aromatic N) is 1. The lowest BCUT2D eigenvalue weighted by molar-refractivity contribution is -0.145. The van der Waals surface area contributed by atoms with E-state index in [4.69, 9.17) is 4.74 Å². The van der Waals surface area contributed by atoms with Crippen LogP contribution in [0.25, 0.3) is 0 Å². The van der Waals surface area contributed by atoms with Crippen molar-refractivity contribution in [3.63, 3.8) is 0 Å². The molecule has 0 spiro atoms. The molecule has 3 nitrogen and oxygen atoms in total. The van der Waals surface area contributed by atoms with Crippen LogP contribution in [-0.4, -0.2) is 23.5 Å². The van der Waals surface area contributed by atoms with E-state index in [1.807, 2.05) is 48.5 Å². The molecule has 0 amide bonds. The Labute approximate surface area is 118 Å². The molecule has 0 aromatic heterocycles. The zero-order valence-corrected chi connectivity index (χ0v) is 11.2. The Kier molecular flexibility index (Phi) is 3.79. The van der Waals surface area contributed by atoms with Crippen LogP contribution < -0.4 is 0 Å². The van der Waals surface area contributed by atoms with Crippen molar-refractivity contribution in [2.24, 2.45) is 0 Å². The fourth-order valence-electron chi connectivity index (χ4n) is 2.22. The third-order valence-corrected chi connectivity index (χ3v) is 3.44. The summed E-state index contributed by atoms with van der Waals surface area (Å²) in [6.45, 7) is 1.96. The molecule has 1 unspecified atom stereocenters. The quantitative estimate of drug-likeness (QED) is 0.616. The lowest BCUT2D eigenvalue weighted by Crippen LogP contribution is -2.16. The SMILES string of the molecule is O=C(OCc1ccccc1)[C@H]1CN1Cc1ccccc1. The lowest BCUT2D eigenvalue weighted by Gasteiger charge is -2.06. The largest absolute Gasteiger partial charge is 0.460 e. The van der Waals surface area contributed by atoms with Crippen LogP contribution in [0.1, 0.15) is 11.1 Å². The summed E-state index contributed by atoms with van der Waals surface area (Å²) in [6.07, 6.45) is 0. The maximum atomic E-state index is 11.9. The summed E-state index contributed by atoms with van der Waals surface area (Å²) in [5, 5.41) is 0. The van der Waals surface area contributed by atoms with E-state index in [2.05, 4.69) is 17.0 Å². The van der Waals surface area contributed by atoms with Gasteiger partial charge in [-0.2, -0.15) is 0 Å². The fraction of sp³-hybridized carbons (Fsp3) is 0.235. The Hall–Kier alpha value is -2.13. The second-order valence-corrected chi connectivity index (χ2v) is 5.02. The number of carbonyl (C=O) groups is 1. The van der Waals surface area contributed by atoms with E-state index in [-0.39, 0.29) is 12.0 Å². The van der Waals surface area contributed by atoms with Gasteiger partial charge in [0.2, 0.25) is 0 Å². The van der Waals surface area contributed by atoms with Crippen molar-refractivity contribution in [2.75, 3.05) is 6.54 Å². The predicted molar refractivity (Wildman–Crippen MR) is 76.9 cm³/mol. The van der Waals surface area contributed by atoms with Gasteiger partial charge in [-0.05, 0) is 11.1 Å². The molecule has 0 aliphatic carbocycles. The maximum Gasteiger partial charge on any atom is 0.325 e. The topological polar surface area (TPSA) is 29.3 Å². The number of benzene rings is 2. The van der Waals surface area contributed by atoms with E-state index in [0.717, 1.165) is 18.7 Å². The van der Waals surface area contributed by atoms with E-state index in [0.29, 0.717) is 6.61 Å². The van der Waals surface area contributed by atoms with E-state index < -0.39 is 0 Å². The number of esters is 1. The second kappa shape index (κ2) is 5.88. The van der Waals surface area contributed by atoms with E-state index in [1.54, 1.807) is 0 Å². The van der Waals surface area contributed by atoms with Gasteiger partial charge in [-0.1, -0.05) is 60.7 Å². The average molecular weight is 267 g/mol. The fourth-order valence-corrected chi connectivity index (χ4v) is 2.22. The van der Waals surface area contributed by atoms with Crippen LogP contribution in [0.5, 0.6) is 0 Å². The van der Waals surface area contributed by atoms with Crippen molar-refractivity contribution in [1.29, 1.82) is 0 Å². The summed E-state index contributed by atoms with van der Waals surface area (Å²) in [6, 6.07) is 19.9. The van der Waals surface area contributed by atoms with E-state index >= 15 is 0 Å². The standard InChI is InChI=1S/C17H17NO2/c19-17(20-13-15-9-5-2-6-10-15)16-12-18(16)11-14-7-3-1-4-8-14/h1-10,16H,11-13H2/t16-,18?/m1/s1.